The minimum Gasteiger partial charge on any atom is -0.361 e. The summed E-state index contributed by atoms with van der Waals surface area (Å²) in [5.41, 5.74) is 1.56. The molecule has 0 aliphatic carbocycles. The molecule has 18 heavy (non-hydrogen) atoms. The number of halogens is 3. The van der Waals surface area contributed by atoms with Gasteiger partial charge in [-0.15, -0.1) is 0 Å². The molecule has 0 spiro atoms. The molecular formula is C13H12F3NO. The Morgan fingerprint density at radius 2 is 2.06 bits per heavy atom. The molecule has 0 saturated carbocycles. The van der Waals surface area contributed by atoms with Gasteiger partial charge in [0.15, 0.2) is 6.17 Å². The first-order valence-corrected chi connectivity index (χ1v) is 5.55. The van der Waals surface area contributed by atoms with Crippen LogP contribution in [0.25, 0.3) is 10.9 Å². The van der Waals surface area contributed by atoms with Crippen LogP contribution in [-0.2, 0) is 6.42 Å². The summed E-state index contributed by atoms with van der Waals surface area (Å²) >= 11 is 0. The second-order valence-corrected chi connectivity index (χ2v) is 4.13. The first-order valence-electron chi connectivity index (χ1n) is 5.55. The summed E-state index contributed by atoms with van der Waals surface area (Å²) in [7, 11) is 0. The fraction of sp³-hybridized carbons (Fsp3) is 0.308. The van der Waals surface area contributed by atoms with Gasteiger partial charge in [-0.05, 0) is 23.8 Å². The molecule has 0 fully saturated rings. The molecule has 1 aromatic carbocycles. The van der Waals surface area contributed by atoms with Gasteiger partial charge in [0.05, 0.1) is 0 Å². The topological polar surface area (TPSA) is 32.9 Å². The highest BCUT2D eigenvalue weighted by molar-refractivity contribution is 5.89. The van der Waals surface area contributed by atoms with Gasteiger partial charge < -0.3 is 4.98 Å². The number of benzene rings is 1. The maximum atomic E-state index is 13.4. The maximum absolute atomic E-state index is 13.4. The Morgan fingerprint density at radius 1 is 1.28 bits per heavy atom. The molecule has 0 bridgehead atoms. The third-order valence-electron chi connectivity index (χ3n) is 2.87. The molecule has 0 radical (unpaired) electrons. The fourth-order valence-corrected chi connectivity index (χ4v) is 1.94. The Bertz CT molecular complexity index is 552. The number of aldehydes is 1. The van der Waals surface area contributed by atoms with E-state index >= 15 is 0 Å². The van der Waals surface area contributed by atoms with E-state index < -0.39 is 19.0 Å². The van der Waals surface area contributed by atoms with Crippen molar-refractivity contribution in [3.63, 3.8) is 0 Å². The molecule has 1 heterocycles. The van der Waals surface area contributed by atoms with E-state index in [1.807, 2.05) is 0 Å². The molecule has 1 aromatic heterocycles. The highest BCUT2D eigenvalue weighted by atomic mass is 19.2. The number of H-pyrrole nitrogens is 1. The first-order chi connectivity index (χ1) is 8.65. The number of alkyl halides is 3. The monoisotopic (exact) mass is 255 g/mol. The number of hydrogen-bond donors (Lipinski definition) is 1. The fourth-order valence-electron chi connectivity index (χ4n) is 1.94. The van der Waals surface area contributed by atoms with Crippen LogP contribution in [-0.4, -0.2) is 30.3 Å². The molecule has 0 saturated heterocycles. The van der Waals surface area contributed by atoms with Gasteiger partial charge in [-0.25, -0.2) is 13.2 Å². The second kappa shape index (κ2) is 5.25. The molecule has 0 amide bonds. The van der Waals surface area contributed by atoms with Crippen molar-refractivity contribution >= 4 is 17.2 Å². The predicted octanol–water partition coefficient (Wildman–Crippen LogP) is 3.17. The normalized spacial score (nSPS) is 14.6. The van der Waals surface area contributed by atoms with Crippen LogP contribution in [0.2, 0.25) is 0 Å². The van der Waals surface area contributed by atoms with E-state index in [1.54, 1.807) is 18.3 Å². The highest BCUT2D eigenvalue weighted by Gasteiger charge is 2.21. The number of nitrogens with one attached hydrogen (secondary N) is 1. The molecule has 96 valence electrons. The zero-order chi connectivity index (χ0) is 13.1. The number of rotatable bonds is 5. The third-order valence-corrected chi connectivity index (χ3v) is 2.87. The quantitative estimate of drug-likeness (QED) is 0.818. The van der Waals surface area contributed by atoms with Crippen molar-refractivity contribution in [2.45, 2.75) is 18.8 Å². The van der Waals surface area contributed by atoms with Crippen LogP contribution in [0.15, 0.2) is 24.4 Å². The van der Waals surface area contributed by atoms with Gasteiger partial charge >= 0.3 is 0 Å². The minimum atomic E-state index is -2.13. The molecular weight excluding hydrogens is 243 g/mol. The molecule has 5 heteroatoms. The number of hydrogen-bond acceptors (Lipinski definition) is 1. The van der Waals surface area contributed by atoms with Gasteiger partial charge in [0.25, 0.3) is 0 Å². The predicted molar refractivity (Wildman–Crippen MR) is 63.2 cm³/mol. The van der Waals surface area contributed by atoms with Crippen molar-refractivity contribution in [3.8, 4) is 0 Å². The molecule has 1 N–H and O–H groups in total. The SMILES string of the molecule is O=Cc1cc(CC(F)C(F)CF)c2cc[nH]c2c1. The van der Waals surface area contributed by atoms with Gasteiger partial charge in [-0.3, -0.25) is 4.79 Å². The summed E-state index contributed by atoms with van der Waals surface area (Å²) in [6.07, 6.45) is -1.99. The Morgan fingerprint density at radius 3 is 2.72 bits per heavy atom. The van der Waals surface area contributed by atoms with E-state index in [-0.39, 0.29) is 6.42 Å². The van der Waals surface area contributed by atoms with E-state index in [0.29, 0.717) is 28.3 Å². The van der Waals surface area contributed by atoms with Gasteiger partial charge in [0.1, 0.15) is 19.1 Å². The van der Waals surface area contributed by atoms with E-state index in [4.69, 9.17) is 0 Å². The van der Waals surface area contributed by atoms with Crippen molar-refractivity contribution < 1.29 is 18.0 Å². The zero-order valence-electron chi connectivity index (χ0n) is 9.50. The molecule has 0 aliphatic rings. The summed E-state index contributed by atoms with van der Waals surface area (Å²) < 4.78 is 38.4. The van der Waals surface area contributed by atoms with Crippen molar-refractivity contribution in [1.29, 1.82) is 0 Å². The van der Waals surface area contributed by atoms with Gasteiger partial charge in [0, 0.05) is 29.1 Å². The molecule has 2 unspecified atom stereocenters. The standard InChI is InChI=1S/C13H12F3NO/c14-6-12(16)11(15)5-9-3-8(7-18)4-13-10(9)1-2-17-13/h1-4,7,11-12,17H,5-6H2. The lowest BCUT2D eigenvalue weighted by atomic mass is 10.00. The van der Waals surface area contributed by atoms with E-state index in [9.17, 15) is 18.0 Å². The maximum Gasteiger partial charge on any atom is 0.160 e. The van der Waals surface area contributed by atoms with Crippen molar-refractivity contribution in [2.24, 2.45) is 0 Å². The molecule has 2 nitrogen and oxygen atoms in total. The van der Waals surface area contributed by atoms with E-state index in [1.165, 1.54) is 6.07 Å². The van der Waals surface area contributed by atoms with E-state index in [0.717, 1.165) is 0 Å². The summed E-state index contributed by atoms with van der Waals surface area (Å²) in [4.78, 5) is 13.7. The average Bonchev–Trinajstić information content (AvgIpc) is 2.85. The summed E-state index contributed by atoms with van der Waals surface area (Å²) in [5, 5.41) is 0.717. The van der Waals surface area contributed by atoms with Crippen LogP contribution in [0.1, 0.15) is 15.9 Å². The van der Waals surface area contributed by atoms with Gasteiger partial charge in [0.2, 0.25) is 0 Å². The lowest BCUT2D eigenvalue weighted by Crippen LogP contribution is -2.21. The number of aromatic nitrogens is 1. The van der Waals surface area contributed by atoms with Crippen LogP contribution < -0.4 is 0 Å². The van der Waals surface area contributed by atoms with Crippen molar-refractivity contribution in [2.75, 3.05) is 6.67 Å². The lowest BCUT2D eigenvalue weighted by molar-refractivity contribution is 0.112. The van der Waals surface area contributed by atoms with E-state index in [2.05, 4.69) is 4.98 Å². The summed E-state index contributed by atoms with van der Waals surface area (Å²) in [6, 6.07) is 4.84. The Kier molecular flexibility index (Phi) is 3.69. The lowest BCUT2D eigenvalue weighted by Gasteiger charge is -2.11. The van der Waals surface area contributed by atoms with Gasteiger partial charge in [-0.1, -0.05) is 0 Å². The first kappa shape index (κ1) is 12.7. The second-order valence-electron chi connectivity index (χ2n) is 4.13. The van der Waals surface area contributed by atoms with Crippen LogP contribution in [0.4, 0.5) is 13.2 Å². The average molecular weight is 255 g/mol. The largest absolute Gasteiger partial charge is 0.361 e. The summed E-state index contributed by atoms with van der Waals surface area (Å²) in [6.45, 7) is -1.34. The molecule has 0 aliphatic heterocycles. The van der Waals surface area contributed by atoms with Crippen LogP contribution in [0.5, 0.6) is 0 Å². The number of carbonyl (C=O) groups is 1. The van der Waals surface area contributed by atoms with Crippen molar-refractivity contribution in [1.82, 2.24) is 4.98 Å². The minimum absolute atomic E-state index is 0.249. The highest BCUT2D eigenvalue weighted by Crippen LogP contribution is 2.23. The van der Waals surface area contributed by atoms with Crippen molar-refractivity contribution in [3.05, 3.63) is 35.5 Å². The smallest absolute Gasteiger partial charge is 0.160 e. The number of aromatic amines is 1. The Balaban J connectivity index is 2.36. The zero-order valence-corrected chi connectivity index (χ0v) is 9.50. The number of fused-ring (bicyclic) bond motifs is 1. The van der Waals surface area contributed by atoms with Gasteiger partial charge in [-0.2, -0.15) is 0 Å². The third kappa shape index (κ3) is 2.39. The van der Waals surface area contributed by atoms with Crippen LogP contribution in [0, 0.1) is 0 Å². The van der Waals surface area contributed by atoms with Crippen LogP contribution in [0.3, 0.4) is 0 Å². The molecule has 2 atom stereocenters. The molecule has 2 rings (SSSR count). The van der Waals surface area contributed by atoms with Crippen LogP contribution >= 0.6 is 0 Å². The molecule has 2 aromatic rings. The Hall–Kier alpha value is -1.78. The Labute approximate surface area is 102 Å². The number of carbonyl (C=O) groups excluding carboxylic acids is 1. The summed E-state index contributed by atoms with van der Waals surface area (Å²) in [5.74, 6) is 0.